The number of nitrogens with zero attached hydrogens (tertiary/aromatic N) is 2. The molecule has 0 atom stereocenters. The van der Waals surface area contributed by atoms with Gasteiger partial charge in [-0.1, -0.05) is 11.8 Å². The number of hydrogen-bond acceptors (Lipinski definition) is 8. The number of halogens is 1. The van der Waals surface area contributed by atoms with Crippen LogP contribution in [0.3, 0.4) is 0 Å². The summed E-state index contributed by atoms with van der Waals surface area (Å²) >= 11 is 2.36. The van der Waals surface area contributed by atoms with E-state index in [4.69, 9.17) is 4.74 Å². The van der Waals surface area contributed by atoms with E-state index in [1.165, 1.54) is 17.4 Å². The summed E-state index contributed by atoms with van der Waals surface area (Å²) in [5, 5.41) is 5.13. The molecule has 2 aromatic rings. The van der Waals surface area contributed by atoms with Gasteiger partial charge in [0.1, 0.15) is 0 Å². The maximum Gasteiger partial charge on any atom is 0.311 e. The molecule has 0 saturated heterocycles. The fraction of sp³-hybridized carbons (Fsp3) is 0.357. The molecule has 0 fully saturated rings. The maximum atomic E-state index is 11.9. The number of hydrogen-bond donors (Lipinski definition) is 2. The van der Waals surface area contributed by atoms with Crippen molar-refractivity contribution in [2.45, 2.75) is 25.4 Å². The number of carbonyl (C=O) groups excluding carboxylic acids is 2. The van der Waals surface area contributed by atoms with Gasteiger partial charge in [-0.15, -0.1) is 23.7 Å². The molecule has 0 aromatic carbocycles. The van der Waals surface area contributed by atoms with E-state index in [1.54, 1.807) is 19.2 Å². The summed E-state index contributed by atoms with van der Waals surface area (Å²) in [5.41, 5.74) is 0.880. The average molecular weight is 405 g/mol. The van der Waals surface area contributed by atoms with Crippen molar-refractivity contribution in [1.29, 1.82) is 0 Å². The summed E-state index contributed by atoms with van der Waals surface area (Å²) in [4.78, 5) is 45.5. The van der Waals surface area contributed by atoms with Gasteiger partial charge in [0, 0.05) is 17.1 Å². The van der Waals surface area contributed by atoms with Crippen LogP contribution in [0.5, 0.6) is 0 Å². The predicted octanol–water partition coefficient (Wildman–Crippen LogP) is 1.79. The smallest absolute Gasteiger partial charge is 0.311 e. The van der Waals surface area contributed by atoms with Gasteiger partial charge in [-0.3, -0.25) is 14.4 Å². The largest absolute Gasteiger partial charge is 0.466 e. The van der Waals surface area contributed by atoms with Crippen molar-refractivity contribution in [3.05, 3.63) is 33.2 Å². The molecule has 2 heterocycles. The Morgan fingerprint density at radius 1 is 1.40 bits per heavy atom. The highest BCUT2D eigenvalue weighted by Gasteiger charge is 2.11. The van der Waals surface area contributed by atoms with Gasteiger partial charge < -0.3 is 15.0 Å². The van der Waals surface area contributed by atoms with Gasteiger partial charge in [-0.25, -0.2) is 9.97 Å². The molecule has 0 unspecified atom stereocenters. The normalized spacial score (nSPS) is 10.0. The first-order valence-corrected chi connectivity index (χ1v) is 8.93. The zero-order valence-corrected chi connectivity index (χ0v) is 16.0. The number of nitrogens with one attached hydrogen (secondary N) is 2. The molecular formula is C14H17ClN4O4S2. The molecule has 2 aromatic heterocycles. The molecule has 8 nitrogen and oxygen atoms in total. The minimum atomic E-state index is -0.356. The fourth-order valence-corrected chi connectivity index (χ4v) is 3.16. The van der Waals surface area contributed by atoms with Crippen LogP contribution in [0.2, 0.25) is 0 Å². The van der Waals surface area contributed by atoms with Gasteiger partial charge in [0.25, 0.3) is 5.56 Å². The number of aromatic nitrogens is 3. The van der Waals surface area contributed by atoms with Gasteiger partial charge in [-0.05, 0) is 13.8 Å². The number of aromatic amines is 1. The SMILES string of the molecule is CCOC(=O)Cc1csc(NC(=O)CSc2nc(C)cc(=O)[nH]2)n1.Cl. The Balaban J connectivity index is 0.00000312. The quantitative estimate of drug-likeness (QED) is 0.410. The van der Waals surface area contributed by atoms with Crippen LogP contribution < -0.4 is 10.9 Å². The second-order valence-corrected chi connectivity index (χ2v) is 6.48. The van der Waals surface area contributed by atoms with Crippen LogP contribution in [0.25, 0.3) is 0 Å². The van der Waals surface area contributed by atoms with Crippen LogP contribution in [0.1, 0.15) is 18.3 Å². The summed E-state index contributed by atoms with van der Waals surface area (Å²) < 4.78 is 4.84. The van der Waals surface area contributed by atoms with Gasteiger partial charge in [-0.2, -0.15) is 0 Å². The zero-order chi connectivity index (χ0) is 17.5. The number of ether oxygens (including phenoxy) is 1. The lowest BCUT2D eigenvalue weighted by Crippen LogP contribution is -2.15. The van der Waals surface area contributed by atoms with Crippen molar-refractivity contribution in [1.82, 2.24) is 15.0 Å². The Morgan fingerprint density at radius 3 is 2.84 bits per heavy atom. The average Bonchev–Trinajstić information content (AvgIpc) is 2.91. The molecule has 25 heavy (non-hydrogen) atoms. The highest BCUT2D eigenvalue weighted by molar-refractivity contribution is 7.99. The Labute approximate surface area is 158 Å². The second kappa shape index (κ2) is 10.2. The first-order valence-electron chi connectivity index (χ1n) is 7.07. The molecule has 11 heteroatoms. The van der Waals surface area contributed by atoms with Gasteiger partial charge in [0.2, 0.25) is 5.91 Å². The molecule has 0 aliphatic heterocycles. The van der Waals surface area contributed by atoms with Crippen molar-refractivity contribution < 1.29 is 14.3 Å². The van der Waals surface area contributed by atoms with E-state index in [1.807, 2.05) is 0 Å². The van der Waals surface area contributed by atoms with E-state index in [-0.39, 0.29) is 42.0 Å². The number of thioether (sulfide) groups is 1. The minimum Gasteiger partial charge on any atom is -0.466 e. The van der Waals surface area contributed by atoms with E-state index < -0.39 is 0 Å². The summed E-state index contributed by atoms with van der Waals surface area (Å²) in [7, 11) is 0. The van der Waals surface area contributed by atoms with E-state index in [2.05, 4.69) is 20.3 Å². The molecule has 2 rings (SSSR count). The maximum absolute atomic E-state index is 11.9. The molecule has 0 radical (unpaired) electrons. The summed E-state index contributed by atoms with van der Waals surface area (Å²) in [6.07, 6.45) is 0.0728. The number of amides is 1. The van der Waals surface area contributed by atoms with Crippen molar-refractivity contribution in [3.8, 4) is 0 Å². The number of anilines is 1. The van der Waals surface area contributed by atoms with Crippen molar-refractivity contribution >= 4 is 52.5 Å². The van der Waals surface area contributed by atoms with E-state index in [0.29, 0.717) is 28.3 Å². The molecule has 0 bridgehead atoms. The Hall–Kier alpha value is -1.91. The minimum absolute atomic E-state index is 0. The fourth-order valence-electron chi connectivity index (χ4n) is 1.71. The molecule has 0 aliphatic rings. The van der Waals surface area contributed by atoms with Crippen LogP contribution >= 0.6 is 35.5 Å². The topological polar surface area (TPSA) is 114 Å². The summed E-state index contributed by atoms with van der Waals surface area (Å²) in [5.74, 6) is -0.550. The third-order valence-corrected chi connectivity index (χ3v) is 4.30. The molecule has 1 amide bonds. The van der Waals surface area contributed by atoms with Crippen LogP contribution in [-0.2, 0) is 20.7 Å². The Morgan fingerprint density at radius 2 is 2.16 bits per heavy atom. The summed E-state index contributed by atoms with van der Waals surface area (Å²) in [6, 6.07) is 1.38. The standard InChI is InChI=1S/C14H16N4O4S2.ClH/c1-3-22-12(21)5-9-6-23-14(16-9)18-11(20)7-24-13-15-8(2)4-10(19)17-13;/h4,6H,3,5,7H2,1-2H3,(H,15,17,19)(H,16,18,20);1H. The van der Waals surface area contributed by atoms with Crippen molar-refractivity contribution in [2.24, 2.45) is 0 Å². The molecular weight excluding hydrogens is 388 g/mol. The predicted molar refractivity (Wildman–Crippen MR) is 98.6 cm³/mol. The Bertz CT molecular complexity index is 793. The van der Waals surface area contributed by atoms with Crippen LogP contribution in [0, 0.1) is 6.92 Å². The number of thiazole rings is 1. The summed E-state index contributed by atoms with van der Waals surface area (Å²) in [6.45, 7) is 3.76. The lowest BCUT2D eigenvalue weighted by molar-refractivity contribution is -0.142. The molecule has 2 N–H and O–H groups in total. The molecule has 0 saturated carbocycles. The second-order valence-electron chi connectivity index (χ2n) is 4.65. The highest BCUT2D eigenvalue weighted by Crippen LogP contribution is 2.17. The first kappa shape index (κ1) is 21.1. The van der Waals surface area contributed by atoms with Crippen LogP contribution in [0.15, 0.2) is 21.4 Å². The van der Waals surface area contributed by atoms with E-state index in [9.17, 15) is 14.4 Å². The number of esters is 1. The number of aryl methyl sites for hydroxylation is 1. The van der Waals surface area contributed by atoms with E-state index in [0.717, 1.165) is 11.8 Å². The van der Waals surface area contributed by atoms with Gasteiger partial charge >= 0.3 is 5.97 Å². The third kappa shape index (κ3) is 7.24. The van der Waals surface area contributed by atoms with Crippen molar-refractivity contribution in [3.63, 3.8) is 0 Å². The Kier molecular flexibility index (Phi) is 8.59. The molecule has 0 aliphatic carbocycles. The molecule has 136 valence electrons. The highest BCUT2D eigenvalue weighted by atomic mass is 35.5. The number of H-pyrrole nitrogens is 1. The third-order valence-electron chi connectivity index (χ3n) is 2.62. The van der Waals surface area contributed by atoms with Crippen LogP contribution in [-0.4, -0.2) is 39.2 Å². The first-order chi connectivity index (χ1) is 11.5. The van der Waals surface area contributed by atoms with Gasteiger partial charge in [0.05, 0.1) is 24.5 Å². The van der Waals surface area contributed by atoms with E-state index >= 15 is 0 Å². The van der Waals surface area contributed by atoms with Crippen molar-refractivity contribution in [2.75, 3.05) is 17.7 Å². The number of carbonyl (C=O) groups is 2. The molecule has 0 spiro atoms. The lowest BCUT2D eigenvalue weighted by Gasteiger charge is -2.02. The zero-order valence-electron chi connectivity index (χ0n) is 13.5. The monoisotopic (exact) mass is 404 g/mol. The van der Waals surface area contributed by atoms with Crippen LogP contribution in [0.4, 0.5) is 5.13 Å². The number of rotatable bonds is 7. The van der Waals surface area contributed by atoms with Gasteiger partial charge in [0.15, 0.2) is 10.3 Å². The lowest BCUT2D eigenvalue weighted by atomic mass is 10.3.